The molecule has 2 unspecified atom stereocenters. The molecule has 1 aromatic carbocycles. The molecule has 2 saturated heterocycles. The Morgan fingerprint density at radius 1 is 1.10 bits per heavy atom. The first-order chi connectivity index (χ1) is 18.9. The van der Waals surface area contributed by atoms with Gasteiger partial charge in [0.05, 0.1) is 34.7 Å². The Hall–Kier alpha value is -2.56. The monoisotopic (exact) mass is 559 g/mol. The van der Waals surface area contributed by atoms with Crippen molar-refractivity contribution >= 4 is 5.91 Å². The number of hydrogen-bond acceptors (Lipinski definition) is 6. The SMILES string of the molecule is CCOC1Cc2cc(C(F)(F)F)ccc2C1N1CCN(C2(C)CCN(C(=O)c3c(C)ncnc3C)CC2)C[C@H]1C. The van der Waals surface area contributed by atoms with Crippen LogP contribution in [0.5, 0.6) is 0 Å². The molecule has 1 aromatic heterocycles. The van der Waals surface area contributed by atoms with E-state index < -0.39 is 11.7 Å². The average molecular weight is 560 g/mol. The van der Waals surface area contributed by atoms with Crippen LogP contribution in [0.3, 0.4) is 0 Å². The summed E-state index contributed by atoms with van der Waals surface area (Å²) in [5, 5.41) is 0. The summed E-state index contributed by atoms with van der Waals surface area (Å²) in [4.78, 5) is 28.6. The van der Waals surface area contributed by atoms with Gasteiger partial charge in [-0.15, -0.1) is 0 Å². The second kappa shape index (κ2) is 11.0. The fourth-order valence-corrected chi connectivity index (χ4v) is 6.98. The van der Waals surface area contributed by atoms with E-state index in [1.54, 1.807) is 6.07 Å². The van der Waals surface area contributed by atoms with E-state index in [1.165, 1.54) is 18.5 Å². The molecule has 10 heteroatoms. The van der Waals surface area contributed by atoms with Gasteiger partial charge >= 0.3 is 6.18 Å². The summed E-state index contributed by atoms with van der Waals surface area (Å²) in [6.45, 7) is 14.6. The van der Waals surface area contributed by atoms with Gasteiger partial charge in [-0.05, 0) is 70.7 Å². The molecule has 3 aliphatic rings. The van der Waals surface area contributed by atoms with Gasteiger partial charge in [-0.2, -0.15) is 13.2 Å². The molecule has 40 heavy (non-hydrogen) atoms. The first-order valence-electron chi connectivity index (χ1n) is 14.3. The molecule has 0 radical (unpaired) electrons. The topological polar surface area (TPSA) is 61.8 Å². The highest BCUT2D eigenvalue weighted by molar-refractivity contribution is 5.96. The number of halogens is 3. The quantitative estimate of drug-likeness (QED) is 0.524. The van der Waals surface area contributed by atoms with Crippen LogP contribution >= 0.6 is 0 Å². The Labute approximate surface area is 234 Å². The number of aromatic nitrogens is 2. The normalized spacial score (nSPS) is 25.7. The van der Waals surface area contributed by atoms with E-state index in [0.29, 0.717) is 43.1 Å². The lowest BCUT2D eigenvalue weighted by Gasteiger charge is -2.53. The number of carbonyl (C=O) groups excluding carboxylic acids is 1. The zero-order chi connectivity index (χ0) is 28.8. The van der Waals surface area contributed by atoms with Crippen LogP contribution in [0.2, 0.25) is 0 Å². The standard InChI is InChI=1S/C30H40F3N5O2/c1-6-40-25-16-22-15-23(30(31,32)33)7-8-24(22)27(25)38-14-13-37(17-19(38)2)29(5)9-11-36(12-10-29)28(39)26-20(3)34-18-35-21(26)4/h7-8,15,18-19,25,27H,6,9-14,16-17H2,1-5H3/t19-,25?,27?/m1/s1. The van der Waals surface area contributed by atoms with Crippen LogP contribution < -0.4 is 0 Å². The Bertz CT molecular complexity index is 1220. The maximum Gasteiger partial charge on any atom is 0.416 e. The zero-order valence-corrected chi connectivity index (χ0v) is 24.1. The minimum absolute atomic E-state index is 0.00591. The van der Waals surface area contributed by atoms with E-state index in [2.05, 4.69) is 33.6 Å². The number of alkyl halides is 3. The second-order valence-electron chi connectivity index (χ2n) is 11.8. The Kier molecular flexibility index (Phi) is 7.98. The highest BCUT2D eigenvalue weighted by Gasteiger charge is 2.45. The van der Waals surface area contributed by atoms with Gasteiger partial charge in [0.1, 0.15) is 6.33 Å². The average Bonchev–Trinajstić information content (AvgIpc) is 3.25. The summed E-state index contributed by atoms with van der Waals surface area (Å²) in [5.41, 5.74) is 3.11. The van der Waals surface area contributed by atoms with E-state index in [9.17, 15) is 18.0 Å². The number of likely N-dealkylation sites (tertiary alicyclic amines) is 1. The number of piperazine rings is 1. The van der Waals surface area contributed by atoms with E-state index in [0.717, 1.165) is 43.6 Å². The van der Waals surface area contributed by atoms with Gasteiger partial charge in [-0.1, -0.05) is 6.07 Å². The number of aryl methyl sites for hydroxylation is 2. The summed E-state index contributed by atoms with van der Waals surface area (Å²) in [5.74, 6) is 0.00591. The number of fused-ring (bicyclic) bond motifs is 1. The smallest absolute Gasteiger partial charge is 0.376 e. The van der Waals surface area contributed by atoms with Gasteiger partial charge in [0, 0.05) is 57.3 Å². The van der Waals surface area contributed by atoms with Gasteiger partial charge in [0.25, 0.3) is 5.91 Å². The van der Waals surface area contributed by atoms with Gasteiger partial charge in [-0.25, -0.2) is 9.97 Å². The molecule has 0 saturated carbocycles. The summed E-state index contributed by atoms with van der Waals surface area (Å²) in [6, 6.07) is 4.33. The predicted octanol–water partition coefficient (Wildman–Crippen LogP) is 4.82. The molecule has 5 rings (SSSR count). The molecule has 0 bridgehead atoms. The number of hydrogen-bond donors (Lipinski definition) is 0. The van der Waals surface area contributed by atoms with E-state index in [4.69, 9.17) is 4.74 Å². The number of amides is 1. The second-order valence-corrected chi connectivity index (χ2v) is 11.8. The van der Waals surface area contributed by atoms with Crippen molar-refractivity contribution in [2.24, 2.45) is 0 Å². The Balaban J connectivity index is 1.26. The van der Waals surface area contributed by atoms with Crippen molar-refractivity contribution in [2.75, 3.05) is 39.3 Å². The molecule has 3 heterocycles. The fraction of sp³-hybridized carbons (Fsp3) is 0.633. The molecule has 2 aliphatic heterocycles. The van der Waals surface area contributed by atoms with E-state index in [1.807, 2.05) is 25.7 Å². The highest BCUT2D eigenvalue weighted by atomic mass is 19.4. The molecule has 218 valence electrons. The van der Waals surface area contributed by atoms with Crippen molar-refractivity contribution in [3.05, 3.63) is 58.2 Å². The highest BCUT2D eigenvalue weighted by Crippen LogP contribution is 2.43. The van der Waals surface area contributed by atoms with Crippen LogP contribution in [0.1, 0.15) is 78.1 Å². The lowest BCUT2D eigenvalue weighted by atomic mass is 9.86. The number of carbonyl (C=O) groups is 1. The lowest BCUT2D eigenvalue weighted by molar-refractivity contribution is -0.137. The molecule has 3 atom stereocenters. The maximum absolute atomic E-state index is 13.4. The molecule has 7 nitrogen and oxygen atoms in total. The zero-order valence-electron chi connectivity index (χ0n) is 24.1. The third kappa shape index (κ3) is 5.37. The molecule has 0 spiro atoms. The van der Waals surface area contributed by atoms with Crippen LogP contribution in [-0.4, -0.2) is 87.6 Å². The van der Waals surface area contributed by atoms with Crippen LogP contribution in [0.25, 0.3) is 0 Å². The van der Waals surface area contributed by atoms with E-state index >= 15 is 0 Å². The van der Waals surface area contributed by atoms with Gasteiger partial charge < -0.3 is 9.64 Å². The lowest BCUT2D eigenvalue weighted by Crippen LogP contribution is -2.62. The first kappa shape index (κ1) is 29.0. The molecule has 0 N–H and O–H groups in total. The van der Waals surface area contributed by atoms with Crippen molar-refractivity contribution < 1.29 is 22.7 Å². The number of rotatable bonds is 5. The van der Waals surface area contributed by atoms with Crippen molar-refractivity contribution in [1.29, 1.82) is 0 Å². The third-order valence-electron chi connectivity index (χ3n) is 9.31. The Morgan fingerprint density at radius 3 is 2.38 bits per heavy atom. The minimum Gasteiger partial charge on any atom is -0.376 e. The summed E-state index contributed by atoms with van der Waals surface area (Å²) >= 11 is 0. The number of piperidine rings is 1. The fourth-order valence-electron chi connectivity index (χ4n) is 6.98. The summed E-state index contributed by atoms with van der Waals surface area (Å²) in [6.07, 6.45) is -0.754. The number of nitrogens with zero attached hydrogens (tertiary/aromatic N) is 5. The molecular weight excluding hydrogens is 519 g/mol. The largest absolute Gasteiger partial charge is 0.416 e. The third-order valence-corrected chi connectivity index (χ3v) is 9.31. The predicted molar refractivity (Wildman–Crippen MR) is 146 cm³/mol. The van der Waals surface area contributed by atoms with Crippen molar-refractivity contribution in [2.45, 2.75) is 83.8 Å². The van der Waals surface area contributed by atoms with Crippen LogP contribution in [0, 0.1) is 13.8 Å². The van der Waals surface area contributed by atoms with Crippen molar-refractivity contribution in [1.82, 2.24) is 24.7 Å². The Morgan fingerprint density at radius 2 is 1.77 bits per heavy atom. The van der Waals surface area contributed by atoms with Gasteiger partial charge in [0.15, 0.2) is 0 Å². The molecular formula is C30H40F3N5O2. The van der Waals surface area contributed by atoms with Crippen molar-refractivity contribution in [3.8, 4) is 0 Å². The van der Waals surface area contributed by atoms with Crippen LogP contribution in [-0.2, 0) is 17.3 Å². The molecule has 1 aliphatic carbocycles. The summed E-state index contributed by atoms with van der Waals surface area (Å²) < 4.78 is 46.3. The van der Waals surface area contributed by atoms with E-state index in [-0.39, 0.29) is 29.6 Å². The van der Waals surface area contributed by atoms with Gasteiger partial charge in [0.2, 0.25) is 0 Å². The number of ether oxygens (including phenoxy) is 1. The number of benzene rings is 1. The van der Waals surface area contributed by atoms with Gasteiger partial charge in [-0.3, -0.25) is 14.6 Å². The van der Waals surface area contributed by atoms with Crippen LogP contribution in [0.4, 0.5) is 13.2 Å². The first-order valence-corrected chi connectivity index (χ1v) is 14.3. The minimum atomic E-state index is -4.35. The van der Waals surface area contributed by atoms with Crippen LogP contribution in [0.15, 0.2) is 24.5 Å². The van der Waals surface area contributed by atoms with Crippen molar-refractivity contribution in [3.63, 3.8) is 0 Å². The maximum atomic E-state index is 13.4. The molecule has 1 amide bonds. The summed E-state index contributed by atoms with van der Waals surface area (Å²) in [7, 11) is 0. The molecule has 2 fully saturated rings. The molecule has 2 aromatic rings.